The minimum atomic E-state index is -1.78. The average Bonchev–Trinajstić information content (AvgIpc) is 3.89. The van der Waals surface area contributed by atoms with Gasteiger partial charge in [0, 0.05) is 50.5 Å². The highest BCUT2D eigenvalue weighted by Gasteiger charge is 2.41. The fraction of sp³-hybridized carbons (Fsp3) is 0.510. The first-order valence-corrected chi connectivity index (χ1v) is 27.5. The van der Waals surface area contributed by atoms with Crippen LogP contribution in [0.3, 0.4) is 0 Å². The number of nitrogens with zero attached hydrogens (tertiary/aromatic N) is 3. The van der Waals surface area contributed by atoms with Crippen LogP contribution in [-0.2, 0) is 65.6 Å². The number of hydrogen-bond donors (Lipinski definition) is 12. The third-order valence-corrected chi connectivity index (χ3v) is 14.9. The Labute approximate surface area is 453 Å². The van der Waals surface area contributed by atoms with Crippen LogP contribution in [0.1, 0.15) is 63.0 Å². The van der Waals surface area contributed by atoms with Crippen molar-refractivity contribution in [1.29, 1.82) is 0 Å². The van der Waals surface area contributed by atoms with E-state index in [4.69, 9.17) is 34.4 Å². The van der Waals surface area contributed by atoms with Crippen LogP contribution in [-0.4, -0.2) is 173 Å². The molecule has 0 bridgehead atoms. The van der Waals surface area contributed by atoms with E-state index in [0.717, 1.165) is 27.2 Å². The van der Waals surface area contributed by atoms with Crippen molar-refractivity contribution in [3.63, 3.8) is 0 Å². The number of carbonyl (C=O) groups excluding carboxylic acids is 11. The number of primary amides is 3. The molecule has 26 nitrogen and oxygen atoms in total. The van der Waals surface area contributed by atoms with Gasteiger partial charge in [-0.25, -0.2) is 0 Å². The zero-order chi connectivity index (χ0) is 56.6. The molecule has 2 fully saturated rings. The zero-order valence-electron chi connectivity index (χ0n) is 42.8. The van der Waals surface area contributed by atoms with Crippen molar-refractivity contribution in [3.05, 3.63) is 71.8 Å². The molecule has 8 atom stereocenters. The lowest BCUT2D eigenvalue weighted by Gasteiger charge is -2.38. The first-order chi connectivity index (χ1) is 36.6. The highest BCUT2D eigenvalue weighted by atomic mass is 33.1. The molecule has 0 unspecified atom stereocenters. The van der Waals surface area contributed by atoms with Crippen molar-refractivity contribution >= 4 is 92.4 Å². The Kier molecular flexibility index (Phi) is 25.6. The molecular formula is C49H71N15O11S2. The summed E-state index contributed by atoms with van der Waals surface area (Å²) in [5.41, 5.74) is 34.6. The van der Waals surface area contributed by atoms with E-state index in [1.54, 1.807) is 30.3 Å². The molecule has 2 aromatic carbocycles. The molecule has 0 aromatic heterocycles. The van der Waals surface area contributed by atoms with Crippen LogP contribution in [0.15, 0.2) is 65.7 Å². The number of likely N-dealkylation sites (tertiary alicyclic amines) is 1. The average molecular weight is 1110 g/mol. The number of hydrogen-bond acceptors (Lipinski definition) is 16. The lowest BCUT2D eigenvalue weighted by atomic mass is 9.98. The molecule has 28 heteroatoms. The fourth-order valence-corrected chi connectivity index (χ4v) is 10.8. The van der Waals surface area contributed by atoms with E-state index in [-0.39, 0.29) is 80.9 Å². The van der Waals surface area contributed by atoms with Gasteiger partial charge >= 0.3 is 0 Å². The van der Waals surface area contributed by atoms with E-state index >= 15 is 0 Å². The second-order valence-corrected chi connectivity index (χ2v) is 21.0. The van der Waals surface area contributed by atoms with E-state index in [9.17, 15) is 52.7 Å². The lowest BCUT2D eigenvalue weighted by Crippen LogP contribution is -2.63. The summed E-state index contributed by atoms with van der Waals surface area (Å²) in [5, 5.41) is 15.9. The zero-order valence-corrected chi connectivity index (χ0v) is 44.5. The van der Waals surface area contributed by atoms with Crippen molar-refractivity contribution in [2.75, 3.05) is 44.2 Å². The second-order valence-electron chi connectivity index (χ2n) is 18.5. The highest BCUT2D eigenvalue weighted by Crippen LogP contribution is 2.26. The quantitative estimate of drug-likeness (QED) is 0.0143. The van der Waals surface area contributed by atoms with Gasteiger partial charge in [0.15, 0.2) is 5.96 Å². The van der Waals surface area contributed by atoms with Crippen LogP contribution in [0.2, 0.25) is 0 Å². The molecule has 0 saturated carbocycles. The Hall–Kier alpha value is -7.30. The number of carbonyl (C=O) groups is 11. The SMILES string of the molecule is CC(=O)[C@@H](N)CSSC[C@H](NC(=O)[C@H](CC(N)=O)NC(=O)[C@H](CCC(N)=O)NC(=O)[C@H](Cc1ccccc1)N1CCN[C@@H](Cc2ccccc2)C1=O)C(=O)N1CCC[C@H]1C(=O)N[C@@H](CCCN=C(N)N)C(=O)NCC(N)=O. The maximum atomic E-state index is 14.6. The molecule has 2 aromatic rings. The number of ketones is 1. The standard InChI is InChI=1S/C49H71N15O11S2/c1-28(65)31(50)26-76-77-27-36(48(75)63-20-9-15-37(63)45(72)59-32(14-8-18-57-49(54)55)42(69)58-25-41(53)68)62-44(71)34(24-40(52)67)61-43(70)33(16-17-39(51)66)60-46(73)38(23-30-12-6-3-7-13-30)64-21-19-56-35(47(64)74)22-29-10-4-2-5-11-29/h2-7,10-13,31-38,56H,8-9,14-27,50H2,1H3,(H2,51,66)(H2,52,67)(H2,53,68)(H,58,69)(H,59,72)(H,60,73)(H,61,70)(H,62,71)(H4,54,55,57)/t31-,32-,33-,34-,35-,36-,37-,38-/m0/s1. The Morgan fingerprint density at radius 2 is 1.32 bits per heavy atom. The van der Waals surface area contributed by atoms with Crippen molar-refractivity contribution in [3.8, 4) is 0 Å². The van der Waals surface area contributed by atoms with E-state index in [1.165, 1.54) is 16.7 Å². The number of piperazine rings is 1. The molecule has 18 N–H and O–H groups in total. The van der Waals surface area contributed by atoms with Crippen molar-refractivity contribution in [1.82, 2.24) is 41.7 Å². The Morgan fingerprint density at radius 1 is 0.714 bits per heavy atom. The third-order valence-electron chi connectivity index (χ3n) is 12.5. The van der Waals surface area contributed by atoms with Gasteiger partial charge in [-0.1, -0.05) is 82.3 Å². The van der Waals surface area contributed by atoms with Gasteiger partial charge in [-0.3, -0.25) is 57.7 Å². The smallest absolute Gasteiger partial charge is 0.246 e. The van der Waals surface area contributed by atoms with Crippen molar-refractivity contribution in [2.45, 2.75) is 113 Å². The normalized spacial score (nSPS) is 17.5. The summed E-state index contributed by atoms with van der Waals surface area (Å²) in [7, 11) is 2.18. The predicted molar refractivity (Wildman–Crippen MR) is 288 cm³/mol. The Morgan fingerprint density at radius 3 is 1.95 bits per heavy atom. The van der Waals surface area contributed by atoms with Crippen LogP contribution in [0.5, 0.6) is 0 Å². The fourth-order valence-electron chi connectivity index (χ4n) is 8.41. The van der Waals surface area contributed by atoms with E-state index < -0.39 is 121 Å². The molecule has 2 aliphatic heterocycles. The van der Waals surface area contributed by atoms with Crippen LogP contribution in [0.4, 0.5) is 0 Å². The molecule has 10 amide bonds. The summed E-state index contributed by atoms with van der Waals surface area (Å²) in [6.07, 6.45) is -0.530. The number of nitrogens with one attached hydrogen (secondary N) is 6. The van der Waals surface area contributed by atoms with E-state index in [0.29, 0.717) is 24.9 Å². The number of amides is 10. The van der Waals surface area contributed by atoms with Crippen molar-refractivity contribution in [2.24, 2.45) is 39.4 Å². The first kappa shape index (κ1) is 62.2. The van der Waals surface area contributed by atoms with Gasteiger partial charge in [0.1, 0.15) is 42.0 Å². The molecular weight excluding hydrogens is 1040 g/mol. The Bertz CT molecular complexity index is 2440. The number of rotatable bonds is 32. The summed E-state index contributed by atoms with van der Waals surface area (Å²) >= 11 is 0. The van der Waals surface area contributed by atoms with Crippen LogP contribution in [0, 0.1) is 0 Å². The number of guanidine groups is 1. The summed E-state index contributed by atoms with van der Waals surface area (Å²) in [6.45, 7) is 1.40. The summed E-state index contributed by atoms with van der Waals surface area (Å²) < 4.78 is 0. The number of benzene rings is 2. The van der Waals surface area contributed by atoms with Gasteiger partial charge in [0.25, 0.3) is 0 Å². The molecule has 420 valence electrons. The molecule has 0 aliphatic carbocycles. The van der Waals surface area contributed by atoms with E-state index in [1.807, 2.05) is 30.3 Å². The monoisotopic (exact) mass is 1110 g/mol. The number of Topliss-reactive ketones (excluding diaryl/α,β-unsaturated/α-hetero) is 1. The lowest BCUT2D eigenvalue weighted by molar-refractivity contribution is -0.145. The molecule has 2 saturated heterocycles. The third kappa shape index (κ3) is 21.0. The molecule has 2 heterocycles. The van der Waals surface area contributed by atoms with Gasteiger partial charge in [0.2, 0.25) is 59.1 Å². The van der Waals surface area contributed by atoms with E-state index in [2.05, 4.69) is 36.9 Å². The topological polar surface area (TPSA) is 435 Å². The number of nitrogens with two attached hydrogens (primary N) is 6. The molecule has 0 spiro atoms. The van der Waals surface area contributed by atoms with Crippen LogP contribution in [0.25, 0.3) is 0 Å². The second kappa shape index (κ2) is 31.7. The maximum absolute atomic E-state index is 14.6. The summed E-state index contributed by atoms with van der Waals surface area (Å²) in [5.74, 6) is -8.77. The largest absolute Gasteiger partial charge is 0.370 e. The predicted octanol–water partition coefficient (Wildman–Crippen LogP) is -4.34. The number of aliphatic imine (C=N–C) groups is 1. The minimum Gasteiger partial charge on any atom is -0.370 e. The first-order valence-electron chi connectivity index (χ1n) is 25.0. The highest BCUT2D eigenvalue weighted by molar-refractivity contribution is 8.76. The van der Waals surface area contributed by atoms with Crippen molar-refractivity contribution < 1.29 is 52.7 Å². The summed E-state index contributed by atoms with van der Waals surface area (Å²) in [4.78, 5) is 154. The van der Waals surface area contributed by atoms with Gasteiger partial charge in [-0.15, -0.1) is 0 Å². The molecule has 77 heavy (non-hydrogen) atoms. The summed E-state index contributed by atoms with van der Waals surface area (Å²) in [6, 6.07) is 8.31. The molecule has 0 radical (unpaired) electrons. The molecule has 2 aliphatic rings. The van der Waals surface area contributed by atoms with Gasteiger partial charge in [-0.2, -0.15) is 0 Å². The Balaban J connectivity index is 1.60. The van der Waals surface area contributed by atoms with Crippen LogP contribution < -0.4 is 66.3 Å². The van der Waals surface area contributed by atoms with Crippen LogP contribution >= 0.6 is 21.6 Å². The maximum Gasteiger partial charge on any atom is 0.246 e. The van der Waals surface area contributed by atoms with Gasteiger partial charge in [0.05, 0.1) is 25.0 Å². The minimum absolute atomic E-state index is 0.0163. The van der Waals surface area contributed by atoms with Gasteiger partial charge < -0.3 is 76.1 Å². The molecule has 4 rings (SSSR count). The van der Waals surface area contributed by atoms with Gasteiger partial charge in [-0.05, 0) is 56.6 Å².